The number of ether oxygens (including phenoxy) is 2. The Balaban J connectivity index is 1.98. The molecule has 8 heteroatoms. The molecule has 7 nitrogen and oxygen atoms in total. The van der Waals surface area contributed by atoms with Crippen LogP contribution in [0.15, 0.2) is 24.3 Å². The molecular weight excluding hydrogens is 370 g/mol. The zero-order valence-electron chi connectivity index (χ0n) is 15.7. The minimum Gasteiger partial charge on any atom is -0.496 e. The number of hydrogen-bond acceptors (Lipinski definition) is 6. The van der Waals surface area contributed by atoms with Crippen molar-refractivity contribution in [2.45, 2.75) is 12.6 Å². The fourth-order valence-corrected chi connectivity index (χ4v) is 3.45. The smallest absolute Gasteiger partial charge is 0.254 e. The Morgan fingerprint density at radius 2 is 1.93 bits per heavy atom. The Bertz CT molecular complexity index is 872. The average molecular weight is 392 g/mol. The molecule has 1 aliphatic heterocycles. The van der Waals surface area contributed by atoms with Crippen molar-refractivity contribution in [3.8, 4) is 11.5 Å². The molecule has 1 amide bonds. The van der Waals surface area contributed by atoms with Crippen LogP contribution in [0.5, 0.6) is 11.5 Å². The lowest BCUT2D eigenvalue weighted by Crippen LogP contribution is -2.38. The molecule has 0 bridgehead atoms. The number of carbonyl (C=O) groups excluding carboxylic acids is 1. The standard InChI is InChI=1S/C19H22ClN3O4/c1-22(2)17-8-11(7-16(20)21-17)19(25)23-9-12-14(26-3)5-6-15(27-4)18(12)13(24)10-23/h5-8,13,24H,9-10H2,1-4H3. The highest BCUT2D eigenvalue weighted by atomic mass is 35.5. The van der Waals surface area contributed by atoms with Crippen molar-refractivity contribution in [1.82, 2.24) is 9.88 Å². The molecule has 0 saturated heterocycles. The molecule has 1 aliphatic rings. The molecule has 0 spiro atoms. The van der Waals surface area contributed by atoms with Gasteiger partial charge in [0.05, 0.1) is 27.3 Å². The van der Waals surface area contributed by atoms with Crippen LogP contribution in [-0.2, 0) is 6.54 Å². The Hall–Kier alpha value is -2.51. The van der Waals surface area contributed by atoms with E-state index in [4.69, 9.17) is 21.1 Å². The SMILES string of the molecule is COc1ccc(OC)c2c1CN(C(=O)c1cc(Cl)nc(N(C)C)c1)CC2O. The number of amides is 1. The average Bonchev–Trinajstić information content (AvgIpc) is 2.65. The van der Waals surface area contributed by atoms with Crippen molar-refractivity contribution in [2.24, 2.45) is 0 Å². The lowest BCUT2D eigenvalue weighted by molar-refractivity contribution is 0.0538. The van der Waals surface area contributed by atoms with Crippen molar-refractivity contribution in [3.63, 3.8) is 0 Å². The maximum absolute atomic E-state index is 13.1. The summed E-state index contributed by atoms with van der Waals surface area (Å²) in [7, 11) is 6.76. The molecule has 2 aromatic rings. The third-order valence-electron chi connectivity index (χ3n) is 4.56. The molecule has 144 valence electrons. The van der Waals surface area contributed by atoms with Gasteiger partial charge in [-0.3, -0.25) is 4.79 Å². The quantitative estimate of drug-likeness (QED) is 0.807. The van der Waals surface area contributed by atoms with E-state index in [0.717, 1.165) is 5.56 Å². The van der Waals surface area contributed by atoms with E-state index in [1.165, 1.54) is 6.07 Å². The summed E-state index contributed by atoms with van der Waals surface area (Å²) in [5.74, 6) is 1.52. The van der Waals surface area contributed by atoms with Crippen LogP contribution in [-0.4, -0.2) is 55.8 Å². The number of pyridine rings is 1. The van der Waals surface area contributed by atoms with Gasteiger partial charge in [-0.25, -0.2) is 4.98 Å². The van der Waals surface area contributed by atoms with Crippen LogP contribution in [0.2, 0.25) is 5.15 Å². The fourth-order valence-electron chi connectivity index (χ4n) is 3.25. The molecule has 1 N–H and O–H groups in total. The number of anilines is 1. The molecule has 2 heterocycles. The van der Waals surface area contributed by atoms with Crippen molar-refractivity contribution in [1.29, 1.82) is 0 Å². The number of rotatable bonds is 4. The molecule has 1 aromatic heterocycles. The molecule has 3 rings (SSSR count). The van der Waals surface area contributed by atoms with Gasteiger partial charge in [0.15, 0.2) is 0 Å². The predicted octanol–water partition coefficient (Wildman–Crippen LogP) is 2.51. The van der Waals surface area contributed by atoms with Crippen molar-refractivity contribution in [3.05, 3.63) is 46.1 Å². The monoisotopic (exact) mass is 391 g/mol. The van der Waals surface area contributed by atoms with Gasteiger partial charge in [0.25, 0.3) is 5.91 Å². The maximum Gasteiger partial charge on any atom is 0.254 e. The number of benzene rings is 1. The third-order valence-corrected chi connectivity index (χ3v) is 4.76. The Morgan fingerprint density at radius 3 is 2.56 bits per heavy atom. The first-order valence-corrected chi connectivity index (χ1v) is 8.79. The van der Waals surface area contributed by atoms with E-state index in [9.17, 15) is 9.90 Å². The second-order valence-corrected chi connectivity index (χ2v) is 6.88. The molecule has 0 aliphatic carbocycles. The number of aliphatic hydroxyl groups is 1. The highest BCUT2D eigenvalue weighted by Crippen LogP contribution is 2.39. The largest absolute Gasteiger partial charge is 0.496 e. The van der Waals surface area contributed by atoms with Crippen molar-refractivity contribution in [2.75, 3.05) is 39.8 Å². The first-order chi connectivity index (χ1) is 12.8. The van der Waals surface area contributed by atoms with Crippen LogP contribution >= 0.6 is 11.6 Å². The third kappa shape index (κ3) is 3.65. The number of aliphatic hydroxyl groups excluding tert-OH is 1. The summed E-state index contributed by atoms with van der Waals surface area (Å²) in [6, 6.07) is 6.73. The van der Waals surface area contributed by atoms with Crippen LogP contribution in [0.4, 0.5) is 5.82 Å². The molecule has 0 radical (unpaired) electrons. The fraction of sp³-hybridized carbons (Fsp3) is 0.368. The number of halogens is 1. The zero-order chi connectivity index (χ0) is 19.7. The van der Waals surface area contributed by atoms with Crippen molar-refractivity contribution < 1.29 is 19.4 Å². The molecule has 0 saturated carbocycles. The number of carbonyl (C=O) groups is 1. The van der Waals surface area contributed by atoms with Gasteiger partial charge in [-0.15, -0.1) is 0 Å². The molecular formula is C19H22ClN3O4. The van der Waals surface area contributed by atoms with E-state index in [0.29, 0.717) is 35.0 Å². The maximum atomic E-state index is 13.1. The van der Waals surface area contributed by atoms with Crippen LogP contribution in [0.25, 0.3) is 0 Å². The number of hydrogen-bond donors (Lipinski definition) is 1. The summed E-state index contributed by atoms with van der Waals surface area (Å²) < 4.78 is 10.8. The zero-order valence-corrected chi connectivity index (χ0v) is 16.4. The second kappa shape index (κ2) is 7.62. The van der Waals surface area contributed by atoms with E-state index in [2.05, 4.69) is 4.98 Å². The van der Waals surface area contributed by atoms with Crippen LogP contribution in [0.3, 0.4) is 0 Å². The summed E-state index contributed by atoms with van der Waals surface area (Å²) in [6.45, 7) is 0.440. The first-order valence-electron chi connectivity index (χ1n) is 8.41. The lowest BCUT2D eigenvalue weighted by Gasteiger charge is -2.34. The van der Waals surface area contributed by atoms with Gasteiger partial charge >= 0.3 is 0 Å². The Morgan fingerprint density at radius 1 is 1.26 bits per heavy atom. The topological polar surface area (TPSA) is 75.1 Å². The number of aromatic nitrogens is 1. The van der Waals surface area contributed by atoms with E-state index in [1.807, 2.05) is 14.1 Å². The number of fused-ring (bicyclic) bond motifs is 1. The summed E-state index contributed by atoms with van der Waals surface area (Å²) in [5.41, 5.74) is 1.80. The number of methoxy groups -OCH3 is 2. The molecule has 1 atom stereocenters. The highest BCUT2D eigenvalue weighted by molar-refractivity contribution is 6.29. The van der Waals surface area contributed by atoms with Gasteiger partial charge in [-0.2, -0.15) is 0 Å². The number of nitrogens with zero attached hydrogens (tertiary/aromatic N) is 3. The van der Waals surface area contributed by atoms with Gasteiger partial charge in [0.2, 0.25) is 0 Å². The summed E-state index contributed by atoms with van der Waals surface area (Å²) >= 11 is 6.08. The highest BCUT2D eigenvalue weighted by Gasteiger charge is 2.32. The minimum atomic E-state index is -0.881. The predicted molar refractivity (Wildman–Crippen MR) is 103 cm³/mol. The molecule has 0 fully saturated rings. The van der Waals surface area contributed by atoms with Gasteiger partial charge in [-0.05, 0) is 24.3 Å². The van der Waals surface area contributed by atoms with E-state index >= 15 is 0 Å². The summed E-state index contributed by atoms with van der Waals surface area (Å²) in [6.07, 6.45) is -0.881. The van der Waals surface area contributed by atoms with Crippen LogP contribution in [0, 0.1) is 0 Å². The van der Waals surface area contributed by atoms with Crippen LogP contribution in [0.1, 0.15) is 27.6 Å². The normalized spacial score (nSPS) is 15.9. The van der Waals surface area contributed by atoms with Gasteiger partial charge in [0, 0.05) is 30.8 Å². The van der Waals surface area contributed by atoms with Crippen LogP contribution < -0.4 is 14.4 Å². The molecule has 27 heavy (non-hydrogen) atoms. The second-order valence-electron chi connectivity index (χ2n) is 6.49. The van der Waals surface area contributed by atoms with E-state index < -0.39 is 6.10 Å². The van der Waals surface area contributed by atoms with E-state index in [-0.39, 0.29) is 17.6 Å². The minimum absolute atomic E-state index is 0.145. The van der Waals surface area contributed by atoms with Gasteiger partial charge in [-0.1, -0.05) is 11.6 Å². The molecule has 1 aromatic carbocycles. The van der Waals surface area contributed by atoms with Crippen molar-refractivity contribution >= 4 is 23.3 Å². The first kappa shape index (κ1) is 19.3. The Kier molecular flexibility index (Phi) is 5.43. The van der Waals surface area contributed by atoms with E-state index in [1.54, 1.807) is 42.2 Å². The summed E-state index contributed by atoms with van der Waals surface area (Å²) in [5, 5.41) is 10.9. The lowest BCUT2D eigenvalue weighted by atomic mass is 9.94. The Labute approximate surface area is 163 Å². The van der Waals surface area contributed by atoms with Gasteiger partial charge < -0.3 is 24.4 Å². The number of β-amino-alcohol motifs (C(OH)–C–C–N with tert-alkyl or cyclic N) is 1. The molecule has 1 unspecified atom stereocenters. The van der Waals surface area contributed by atoms with Gasteiger partial charge in [0.1, 0.15) is 28.6 Å². The summed E-state index contributed by atoms with van der Waals surface area (Å²) in [4.78, 5) is 20.6.